The first-order chi connectivity index (χ1) is 24.9. The monoisotopic (exact) mass is 716 g/mol. The topological polar surface area (TPSA) is 250 Å². The number of phenolic OH excluding ortho intramolecular Hbond substituents is 4. The summed E-state index contributed by atoms with van der Waals surface area (Å²) in [6.45, 7) is -0.622. The van der Waals surface area contributed by atoms with Crippen molar-refractivity contribution >= 4 is 21.9 Å². The highest BCUT2D eigenvalue weighted by molar-refractivity contribution is 5.89. The van der Waals surface area contributed by atoms with Gasteiger partial charge >= 0.3 is 0 Å². The lowest BCUT2D eigenvalue weighted by Gasteiger charge is -2.39. The summed E-state index contributed by atoms with van der Waals surface area (Å²) < 4.78 is 26.7. The summed E-state index contributed by atoms with van der Waals surface area (Å²) in [5, 5.41) is 78.2. The van der Waals surface area contributed by atoms with Crippen LogP contribution < -0.4 is 20.3 Å². The first-order valence-electron chi connectivity index (χ1n) is 15.6. The molecule has 0 unspecified atom stereocenters. The van der Waals surface area contributed by atoms with Gasteiger partial charge in [0, 0.05) is 24.3 Å². The Morgan fingerprint density at radius 3 is 1.56 bits per heavy atom. The molecule has 270 valence electrons. The van der Waals surface area contributed by atoms with E-state index in [9.17, 15) is 50.4 Å². The van der Waals surface area contributed by atoms with Crippen LogP contribution in [0.5, 0.6) is 34.5 Å². The van der Waals surface area contributed by atoms with Crippen LogP contribution in [-0.4, -0.2) is 85.3 Å². The van der Waals surface area contributed by atoms with E-state index in [1.165, 1.54) is 74.2 Å². The molecule has 0 spiro atoms. The highest BCUT2D eigenvalue weighted by Crippen LogP contribution is 2.33. The molecule has 7 rings (SSSR count). The SMILES string of the molecule is COc1cc(O)c2c(=O)c(-c3ccc(O)cc3)coc2c1.O=c1c(-c2ccc(O)cc2)coc2cc(O[C@@H]3O[C@H](CO)[C@@H](O)[C@H](O)[C@H]3O)cc(O)c12. The molecule has 52 heavy (non-hydrogen) atoms. The minimum atomic E-state index is -1.64. The van der Waals surface area contributed by atoms with Crippen molar-refractivity contribution in [3.63, 3.8) is 0 Å². The van der Waals surface area contributed by atoms with Crippen molar-refractivity contribution in [2.45, 2.75) is 30.7 Å². The summed E-state index contributed by atoms with van der Waals surface area (Å²) in [5.74, 6) is -0.149. The lowest BCUT2D eigenvalue weighted by atomic mass is 9.99. The van der Waals surface area contributed by atoms with Crippen LogP contribution in [0.3, 0.4) is 0 Å². The number of hydrogen-bond acceptors (Lipinski definition) is 15. The fourth-order valence-electron chi connectivity index (χ4n) is 5.58. The Bertz CT molecular complexity index is 2330. The van der Waals surface area contributed by atoms with Crippen LogP contribution in [0.25, 0.3) is 44.2 Å². The van der Waals surface area contributed by atoms with Crippen LogP contribution in [0.15, 0.2) is 104 Å². The number of rotatable bonds is 6. The van der Waals surface area contributed by atoms with Gasteiger partial charge in [-0.2, -0.15) is 0 Å². The molecular weight excluding hydrogens is 684 g/mol. The van der Waals surface area contributed by atoms with Gasteiger partial charge in [-0.1, -0.05) is 24.3 Å². The van der Waals surface area contributed by atoms with Gasteiger partial charge in [0.1, 0.15) is 93.4 Å². The number of ether oxygens (including phenoxy) is 3. The Balaban J connectivity index is 0.000000192. The standard InChI is InChI=1S/C21H20O10.C16H12O5/c22-7-15-18(26)19(27)20(28)21(31-15)30-11-5-13(24)16-14(6-11)29-8-12(17(16)25)9-1-3-10(23)4-2-9;1-20-11-6-13(18)15-14(7-11)21-8-12(16(15)19)9-2-4-10(17)5-3-9/h1-6,8,15,18-24,26-28H,7H2;2-8,17-18H,1H3/t15-,18-,19+,20-,21-;/m1./s1. The molecule has 4 aromatic carbocycles. The number of aromatic hydroxyl groups is 4. The molecule has 15 heteroatoms. The molecule has 0 radical (unpaired) electrons. The average molecular weight is 717 g/mol. The van der Waals surface area contributed by atoms with Crippen LogP contribution in [0, 0.1) is 0 Å². The van der Waals surface area contributed by atoms with Gasteiger partial charge in [-0.05, 0) is 35.4 Å². The number of phenols is 4. The van der Waals surface area contributed by atoms with Crippen molar-refractivity contribution in [2.75, 3.05) is 13.7 Å². The summed E-state index contributed by atoms with van der Waals surface area (Å²) in [6, 6.07) is 17.4. The molecule has 5 atom stereocenters. The first kappa shape index (κ1) is 35.7. The molecule has 6 aromatic rings. The van der Waals surface area contributed by atoms with Crippen molar-refractivity contribution in [1.29, 1.82) is 0 Å². The molecule has 1 aliphatic rings. The number of aliphatic hydroxyl groups is 4. The van der Waals surface area contributed by atoms with E-state index in [0.29, 0.717) is 22.4 Å². The maximum atomic E-state index is 12.9. The number of hydrogen-bond donors (Lipinski definition) is 8. The molecule has 0 aliphatic carbocycles. The Labute approximate surface area is 292 Å². The molecule has 8 N–H and O–H groups in total. The molecule has 0 amide bonds. The molecule has 0 saturated carbocycles. The van der Waals surface area contributed by atoms with Gasteiger partial charge in [0.05, 0.1) is 24.8 Å². The highest BCUT2D eigenvalue weighted by Gasteiger charge is 2.44. The lowest BCUT2D eigenvalue weighted by molar-refractivity contribution is -0.277. The predicted molar refractivity (Wildman–Crippen MR) is 183 cm³/mol. The third-order valence-electron chi connectivity index (χ3n) is 8.35. The molecule has 0 bridgehead atoms. The van der Waals surface area contributed by atoms with Gasteiger partial charge in [-0.25, -0.2) is 0 Å². The number of benzene rings is 4. The van der Waals surface area contributed by atoms with E-state index in [1.807, 2.05) is 0 Å². The van der Waals surface area contributed by atoms with Crippen LogP contribution in [0.4, 0.5) is 0 Å². The van der Waals surface area contributed by atoms with Crippen LogP contribution in [-0.2, 0) is 4.74 Å². The van der Waals surface area contributed by atoms with Crippen LogP contribution in [0.2, 0.25) is 0 Å². The minimum Gasteiger partial charge on any atom is -0.508 e. The van der Waals surface area contributed by atoms with Crippen LogP contribution >= 0.6 is 0 Å². The fraction of sp³-hybridized carbons (Fsp3) is 0.189. The minimum absolute atomic E-state index is 0.00730. The van der Waals surface area contributed by atoms with E-state index in [1.54, 1.807) is 12.1 Å². The maximum absolute atomic E-state index is 12.9. The molecule has 2 aromatic heterocycles. The van der Waals surface area contributed by atoms with Gasteiger partial charge in [0.15, 0.2) is 0 Å². The van der Waals surface area contributed by atoms with Gasteiger partial charge in [0.2, 0.25) is 17.1 Å². The number of methoxy groups -OCH3 is 1. The van der Waals surface area contributed by atoms with E-state index in [-0.39, 0.29) is 55.9 Å². The van der Waals surface area contributed by atoms with Crippen molar-refractivity contribution in [3.05, 3.63) is 106 Å². The van der Waals surface area contributed by atoms with E-state index >= 15 is 0 Å². The quantitative estimate of drug-likeness (QED) is 0.123. The second-order valence-corrected chi connectivity index (χ2v) is 11.7. The molecule has 1 fully saturated rings. The van der Waals surface area contributed by atoms with E-state index in [4.69, 9.17) is 23.0 Å². The molecule has 1 aliphatic heterocycles. The Morgan fingerprint density at radius 2 is 1.10 bits per heavy atom. The number of aliphatic hydroxyl groups excluding tert-OH is 4. The zero-order valence-corrected chi connectivity index (χ0v) is 27.1. The third kappa shape index (κ3) is 6.94. The zero-order chi connectivity index (χ0) is 37.3. The van der Waals surface area contributed by atoms with E-state index in [2.05, 4.69) is 0 Å². The Kier molecular flexibility index (Phi) is 10.1. The van der Waals surface area contributed by atoms with Crippen molar-refractivity contribution < 1.29 is 63.9 Å². The van der Waals surface area contributed by atoms with Crippen molar-refractivity contribution in [2.24, 2.45) is 0 Å². The molecular formula is C37H32O15. The van der Waals surface area contributed by atoms with Gasteiger partial charge in [0.25, 0.3) is 0 Å². The second kappa shape index (κ2) is 14.6. The molecule has 1 saturated heterocycles. The van der Waals surface area contributed by atoms with Gasteiger partial charge in [-0.15, -0.1) is 0 Å². The van der Waals surface area contributed by atoms with E-state index in [0.717, 1.165) is 6.07 Å². The highest BCUT2D eigenvalue weighted by atomic mass is 16.7. The lowest BCUT2D eigenvalue weighted by Crippen LogP contribution is -2.60. The second-order valence-electron chi connectivity index (χ2n) is 11.7. The average Bonchev–Trinajstić information content (AvgIpc) is 3.13. The van der Waals surface area contributed by atoms with Gasteiger partial charge < -0.3 is 63.9 Å². The Hall–Kier alpha value is -6.10. The fourth-order valence-corrected chi connectivity index (χ4v) is 5.58. The third-order valence-corrected chi connectivity index (χ3v) is 8.35. The van der Waals surface area contributed by atoms with Gasteiger partial charge in [-0.3, -0.25) is 9.59 Å². The summed E-state index contributed by atoms with van der Waals surface area (Å²) in [6.07, 6.45) is -4.90. The van der Waals surface area contributed by atoms with Crippen molar-refractivity contribution in [3.8, 4) is 56.8 Å². The Morgan fingerprint density at radius 1 is 0.635 bits per heavy atom. The summed E-state index contributed by atoms with van der Waals surface area (Å²) >= 11 is 0. The maximum Gasteiger partial charge on any atom is 0.229 e. The predicted octanol–water partition coefficient (Wildman–Crippen LogP) is 2.93. The first-order valence-corrected chi connectivity index (χ1v) is 15.6. The molecule has 3 heterocycles. The normalized spacial score (nSPS) is 19.9. The number of fused-ring (bicyclic) bond motifs is 2. The van der Waals surface area contributed by atoms with Crippen molar-refractivity contribution in [1.82, 2.24) is 0 Å². The van der Waals surface area contributed by atoms with E-state index < -0.39 is 48.5 Å². The zero-order valence-electron chi connectivity index (χ0n) is 27.1. The van der Waals surface area contributed by atoms with Crippen LogP contribution in [0.1, 0.15) is 0 Å². The summed E-state index contributed by atoms with van der Waals surface area (Å²) in [4.78, 5) is 25.4. The molecule has 15 nitrogen and oxygen atoms in total. The smallest absolute Gasteiger partial charge is 0.229 e. The summed E-state index contributed by atoms with van der Waals surface area (Å²) in [7, 11) is 1.46. The largest absolute Gasteiger partial charge is 0.508 e. The summed E-state index contributed by atoms with van der Waals surface area (Å²) in [5.41, 5.74) is 0.943.